The van der Waals surface area contributed by atoms with Gasteiger partial charge in [0.2, 0.25) is 0 Å². The summed E-state index contributed by atoms with van der Waals surface area (Å²) in [6, 6.07) is 12.8. The molecule has 8 nitrogen and oxygen atoms in total. The minimum Gasteiger partial charge on any atom is -0.467 e. The number of anilines is 1. The van der Waals surface area contributed by atoms with E-state index in [0.29, 0.717) is 38.4 Å². The van der Waals surface area contributed by atoms with Crippen molar-refractivity contribution in [1.82, 2.24) is 15.1 Å². The third kappa shape index (κ3) is 6.10. The molecule has 146 valence electrons. The second-order valence-electron chi connectivity index (χ2n) is 6.10. The van der Waals surface area contributed by atoms with Gasteiger partial charge in [-0.05, 0) is 42.3 Å². The summed E-state index contributed by atoms with van der Waals surface area (Å²) in [5.74, 6) is -0.630. The second-order valence-corrected chi connectivity index (χ2v) is 6.10. The largest absolute Gasteiger partial charge is 0.467 e. The van der Waals surface area contributed by atoms with E-state index in [1.807, 2.05) is 36.5 Å². The molecule has 0 unspecified atom stereocenters. The van der Waals surface area contributed by atoms with Gasteiger partial charge in [0.1, 0.15) is 12.4 Å². The first-order chi connectivity index (χ1) is 13.7. The molecule has 0 fully saturated rings. The first kappa shape index (κ1) is 19.4. The third-order valence-electron chi connectivity index (χ3n) is 3.87. The van der Waals surface area contributed by atoms with Gasteiger partial charge in [0.15, 0.2) is 0 Å². The van der Waals surface area contributed by atoms with Gasteiger partial charge in [-0.1, -0.05) is 12.1 Å². The van der Waals surface area contributed by atoms with Crippen molar-refractivity contribution in [3.05, 3.63) is 72.4 Å². The number of amides is 2. The van der Waals surface area contributed by atoms with Gasteiger partial charge in [-0.25, -0.2) is 0 Å². The molecular weight excluding hydrogens is 360 g/mol. The molecule has 0 saturated heterocycles. The fourth-order valence-corrected chi connectivity index (χ4v) is 2.54. The molecule has 0 aliphatic carbocycles. The number of nitrogens with one attached hydrogen (secondary N) is 2. The summed E-state index contributed by atoms with van der Waals surface area (Å²) in [4.78, 5) is 23.9. The molecule has 1 aromatic carbocycles. The number of carbonyl (C=O) groups excluding carboxylic acids is 2. The number of furan rings is 1. The predicted molar refractivity (Wildman–Crippen MR) is 102 cm³/mol. The fourth-order valence-electron chi connectivity index (χ4n) is 2.54. The van der Waals surface area contributed by atoms with E-state index in [0.717, 1.165) is 11.3 Å². The molecule has 0 aliphatic rings. The summed E-state index contributed by atoms with van der Waals surface area (Å²) in [6.45, 7) is 1.78. The minimum atomic E-state index is -0.701. The molecule has 2 amide bonds. The lowest BCUT2D eigenvalue weighted by atomic mass is 10.2. The molecule has 3 rings (SSSR count). The zero-order valence-electron chi connectivity index (χ0n) is 15.3. The third-order valence-corrected chi connectivity index (χ3v) is 3.87. The summed E-state index contributed by atoms with van der Waals surface area (Å²) in [7, 11) is 0. The van der Waals surface area contributed by atoms with Crippen molar-refractivity contribution in [2.45, 2.75) is 19.6 Å². The predicted octanol–water partition coefficient (Wildman–Crippen LogP) is 2.19. The average molecular weight is 382 g/mol. The first-order valence-corrected chi connectivity index (χ1v) is 8.96. The smallest absolute Gasteiger partial charge is 0.313 e. The van der Waals surface area contributed by atoms with Crippen LogP contribution in [0.1, 0.15) is 17.7 Å². The molecule has 3 aromatic rings. The lowest BCUT2D eigenvalue weighted by molar-refractivity contribution is -0.136. The van der Waals surface area contributed by atoms with Crippen LogP contribution in [0.25, 0.3) is 0 Å². The van der Waals surface area contributed by atoms with Crippen LogP contribution in [0.2, 0.25) is 0 Å². The second kappa shape index (κ2) is 10.1. The van der Waals surface area contributed by atoms with Gasteiger partial charge in [-0.3, -0.25) is 14.3 Å². The SMILES string of the molecule is O=C(NCCCOCc1ccco1)C(=O)Nc1cccc(Cn2cccn2)c1. The van der Waals surface area contributed by atoms with E-state index in [1.165, 1.54) is 0 Å². The Hall–Kier alpha value is -3.39. The number of ether oxygens (including phenoxy) is 1. The summed E-state index contributed by atoms with van der Waals surface area (Å²) in [5.41, 5.74) is 1.53. The molecule has 0 bridgehead atoms. The Labute approximate surface area is 162 Å². The maximum absolute atomic E-state index is 12.0. The Kier molecular flexibility index (Phi) is 6.97. The van der Waals surface area contributed by atoms with Crippen LogP contribution in [0.15, 0.2) is 65.5 Å². The highest BCUT2D eigenvalue weighted by Gasteiger charge is 2.13. The number of rotatable bonds is 9. The van der Waals surface area contributed by atoms with Gasteiger partial charge < -0.3 is 19.8 Å². The van der Waals surface area contributed by atoms with E-state index in [2.05, 4.69) is 15.7 Å². The van der Waals surface area contributed by atoms with Crippen LogP contribution in [0.4, 0.5) is 5.69 Å². The molecule has 0 saturated carbocycles. The van der Waals surface area contributed by atoms with E-state index in [4.69, 9.17) is 9.15 Å². The number of nitrogens with zero attached hydrogens (tertiary/aromatic N) is 2. The van der Waals surface area contributed by atoms with Crippen LogP contribution in [0.5, 0.6) is 0 Å². The Balaban J connectivity index is 1.36. The Morgan fingerprint density at radius 3 is 2.86 bits per heavy atom. The van der Waals surface area contributed by atoms with E-state index in [1.54, 1.807) is 29.3 Å². The van der Waals surface area contributed by atoms with Crippen molar-refractivity contribution in [2.24, 2.45) is 0 Å². The van der Waals surface area contributed by atoms with Crippen LogP contribution < -0.4 is 10.6 Å². The molecule has 28 heavy (non-hydrogen) atoms. The molecule has 0 aliphatic heterocycles. The molecular formula is C20H22N4O4. The molecule has 2 heterocycles. The summed E-state index contributed by atoms with van der Waals surface area (Å²) >= 11 is 0. The van der Waals surface area contributed by atoms with E-state index < -0.39 is 11.8 Å². The Morgan fingerprint density at radius 2 is 2.07 bits per heavy atom. The van der Waals surface area contributed by atoms with Crippen LogP contribution in [0.3, 0.4) is 0 Å². The fraction of sp³-hybridized carbons (Fsp3) is 0.250. The highest BCUT2D eigenvalue weighted by Crippen LogP contribution is 2.11. The molecule has 2 aromatic heterocycles. The Bertz CT molecular complexity index is 876. The number of hydrogen-bond acceptors (Lipinski definition) is 5. The van der Waals surface area contributed by atoms with Gasteiger partial charge in [0, 0.05) is 31.2 Å². The monoisotopic (exact) mass is 382 g/mol. The lowest BCUT2D eigenvalue weighted by Gasteiger charge is -2.08. The van der Waals surface area contributed by atoms with Gasteiger partial charge in [-0.2, -0.15) is 5.10 Å². The van der Waals surface area contributed by atoms with Crippen molar-refractivity contribution in [3.8, 4) is 0 Å². The zero-order valence-corrected chi connectivity index (χ0v) is 15.3. The van der Waals surface area contributed by atoms with Gasteiger partial charge in [0.25, 0.3) is 0 Å². The maximum atomic E-state index is 12.0. The molecule has 0 spiro atoms. The summed E-state index contributed by atoms with van der Waals surface area (Å²) < 4.78 is 12.4. The van der Waals surface area contributed by atoms with Crippen molar-refractivity contribution >= 4 is 17.5 Å². The first-order valence-electron chi connectivity index (χ1n) is 8.96. The average Bonchev–Trinajstić information content (AvgIpc) is 3.38. The highest BCUT2D eigenvalue weighted by atomic mass is 16.5. The van der Waals surface area contributed by atoms with Crippen LogP contribution in [-0.2, 0) is 27.5 Å². The highest BCUT2D eigenvalue weighted by molar-refractivity contribution is 6.39. The molecule has 0 radical (unpaired) electrons. The summed E-state index contributed by atoms with van der Waals surface area (Å²) in [6.07, 6.45) is 5.75. The normalized spacial score (nSPS) is 10.6. The molecule has 2 N–H and O–H groups in total. The standard InChI is InChI=1S/C20H22N4O4/c25-19(21-8-4-11-27-15-18-7-2-12-28-18)20(26)23-17-6-1-5-16(13-17)14-24-10-3-9-22-24/h1-3,5-7,9-10,12-13H,4,8,11,14-15H2,(H,21,25)(H,23,26). The molecule has 0 atom stereocenters. The zero-order chi connectivity index (χ0) is 19.6. The van der Waals surface area contributed by atoms with Crippen molar-refractivity contribution < 1.29 is 18.7 Å². The van der Waals surface area contributed by atoms with Crippen molar-refractivity contribution in [2.75, 3.05) is 18.5 Å². The van der Waals surface area contributed by atoms with E-state index in [9.17, 15) is 9.59 Å². The number of aromatic nitrogens is 2. The Morgan fingerprint density at radius 1 is 1.14 bits per heavy atom. The van der Waals surface area contributed by atoms with E-state index in [-0.39, 0.29) is 0 Å². The number of carbonyl (C=O) groups is 2. The van der Waals surface area contributed by atoms with Gasteiger partial charge in [0.05, 0.1) is 12.8 Å². The van der Waals surface area contributed by atoms with Crippen LogP contribution >= 0.6 is 0 Å². The number of benzene rings is 1. The number of hydrogen-bond donors (Lipinski definition) is 2. The lowest BCUT2D eigenvalue weighted by Crippen LogP contribution is -2.36. The van der Waals surface area contributed by atoms with E-state index >= 15 is 0 Å². The van der Waals surface area contributed by atoms with Gasteiger partial charge >= 0.3 is 11.8 Å². The molecule has 8 heteroatoms. The van der Waals surface area contributed by atoms with Crippen molar-refractivity contribution in [3.63, 3.8) is 0 Å². The summed E-state index contributed by atoms with van der Waals surface area (Å²) in [5, 5.41) is 9.34. The van der Waals surface area contributed by atoms with Crippen LogP contribution in [0, 0.1) is 0 Å². The minimum absolute atomic E-state index is 0.351. The van der Waals surface area contributed by atoms with Gasteiger partial charge in [-0.15, -0.1) is 0 Å². The quantitative estimate of drug-likeness (QED) is 0.437. The topological polar surface area (TPSA) is 98.4 Å². The van der Waals surface area contributed by atoms with Crippen LogP contribution in [-0.4, -0.2) is 34.7 Å². The maximum Gasteiger partial charge on any atom is 0.313 e. The van der Waals surface area contributed by atoms with Crippen molar-refractivity contribution in [1.29, 1.82) is 0 Å².